The Kier molecular flexibility index (Phi) is 10.6. The summed E-state index contributed by atoms with van der Waals surface area (Å²) in [6.07, 6.45) is 3.84. The van der Waals surface area contributed by atoms with Gasteiger partial charge in [0.15, 0.2) is 0 Å². The van der Waals surface area contributed by atoms with E-state index in [0.717, 1.165) is 29.7 Å². The molecule has 0 bridgehead atoms. The fourth-order valence-corrected chi connectivity index (χ4v) is 9.94. The van der Waals surface area contributed by atoms with Gasteiger partial charge in [0.2, 0.25) is 0 Å². The number of aliphatic imine (C=N–C) groups is 1. The summed E-state index contributed by atoms with van der Waals surface area (Å²) in [5.74, 6) is 0.269. The molecular weight excluding hydrogens is 719 g/mol. The van der Waals surface area contributed by atoms with Gasteiger partial charge in [0.25, 0.3) is 0 Å². The van der Waals surface area contributed by atoms with Crippen molar-refractivity contribution in [1.82, 2.24) is 4.57 Å². The zero-order valence-corrected chi connectivity index (χ0v) is 34.1. The smallest absolute Gasteiger partial charge is 0.0875 e. The summed E-state index contributed by atoms with van der Waals surface area (Å²) in [7, 11) is -0.621. The van der Waals surface area contributed by atoms with Gasteiger partial charge in [-0.25, -0.2) is 0 Å². The first-order valence-corrected chi connectivity index (χ1v) is 21.7. The molecule has 0 saturated heterocycles. The van der Waals surface area contributed by atoms with Crippen LogP contribution in [0.15, 0.2) is 205 Å². The largest absolute Gasteiger partial charge is 0.309 e. The summed E-state index contributed by atoms with van der Waals surface area (Å²) < 4.78 is 2.37. The first-order valence-electron chi connectivity index (χ1n) is 20.3. The normalized spacial score (nSPS) is 12.2. The quantitative estimate of drug-likeness (QED) is 0.0951. The van der Waals surface area contributed by atoms with E-state index < -0.39 is 9.52 Å². The monoisotopic (exact) mass is 763 g/mol. The average Bonchev–Trinajstić information content (AvgIpc) is 3.62. The van der Waals surface area contributed by atoms with Crippen molar-refractivity contribution in [3.05, 3.63) is 217 Å². The lowest BCUT2D eigenvalue weighted by molar-refractivity contribution is 0.698. The van der Waals surface area contributed by atoms with Crippen molar-refractivity contribution in [3.8, 4) is 27.9 Å². The number of rotatable bonds is 12. The second-order valence-corrected chi connectivity index (χ2v) is 17.0. The number of fused-ring (bicyclic) bond motifs is 3. The van der Waals surface area contributed by atoms with Crippen molar-refractivity contribution in [2.45, 2.75) is 25.7 Å². The minimum atomic E-state index is -0.621. The Labute approximate surface area is 343 Å². The van der Waals surface area contributed by atoms with E-state index in [1.54, 1.807) is 0 Å². The number of nitrogens with zero attached hydrogens (tertiary/aromatic N) is 2. The van der Waals surface area contributed by atoms with Crippen molar-refractivity contribution in [1.29, 1.82) is 5.41 Å². The van der Waals surface area contributed by atoms with Crippen LogP contribution in [0.25, 0.3) is 49.7 Å². The zero-order valence-electron chi connectivity index (χ0n) is 32.7. The summed E-state index contributed by atoms with van der Waals surface area (Å²) >= 11 is 0. The molecule has 0 radical (unpaired) electrons. The van der Waals surface area contributed by atoms with E-state index >= 15 is 0 Å². The van der Waals surface area contributed by atoms with Crippen LogP contribution in [-0.4, -0.2) is 26.0 Å². The van der Waals surface area contributed by atoms with Crippen LogP contribution < -0.4 is 10.4 Å². The number of para-hydroxylation sites is 3. The molecule has 0 fully saturated rings. The molecule has 8 aromatic carbocycles. The van der Waals surface area contributed by atoms with E-state index in [4.69, 9.17) is 4.99 Å². The number of nitrogens with one attached hydrogen (secondary N) is 1. The predicted octanol–water partition coefficient (Wildman–Crippen LogP) is 11.9. The van der Waals surface area contributed by atoms with Crippen LogP contribution in [0.3, 0.4) is 0 Å². The molecule has 280 valence electrons. The number of hydrogen-bond donors (Lipinski definition) is 1. The van der Waals surface area contributed by atoms with E-state index in [-0.39, 0.29) is 5.92 Å². The fourth-order valence-electron chi connectivity index (χ4n) is 8.38. The van der Waals surface area contributed by atoms with Gasteiger partial charge < -0.3 is 4.57 Å². The van der Waals surface area contributed by atoms with Crippen LogP contribution >= 0.6 is 0 Å². The van der Waals surface area contributed by atoms with Gasteiger partial charge in [-0.3, -0.25) is 10.4 Å². The Balaban J connectivity index is 1.02. The molecule has 1 aromatic heterocycles. The summed E-state index contributed by atoms with van der Waals surface area (Å²) in [6.45, 7) is 2.27. The molecule has 58 heavy (non-hydrogen) atoms. The third-order valence-corrected chi connectivity index (χ3v) is 13.1. The Bertz CT molecular complexity index is 2890. The second-order valence-electron chi connectivity index (χ2n) is 15.0. The highest BCUT2D eigenvalue weighted by Crippen LogP contribution is 2.39. The molecule has 3 nitrogen and oxygen atoms in total. The molecule has 1 atom stereocenters. The molecule has 0 saturated carbocycles. The van der Waals surface area contributed by atoms with Crippen molar-refractivity contribution < 1.29 is 0 Å². The third kappa shape index (κ3) is 7.50. The van der Waals surface area contributed by atoms with Gasteiger partial charge in [-0.15, -0.1) is 0 Å². The van der Waals surface area contributed by atoms with Gasteiger partial charge in [-0.1, -0.05) is 175 Å². The summed E-state index contributed by atoms with van der Waals surface area (Å²) in [5.41, 5.74) is 12.9. The molecule has 1 unspecified atom stereocenters. The van der Waals surface area contributed by atoms with Crippen molar-refractivity contribution in [2.24, 2.45) is 4.99 Å². The second kappa shape index (κ2) is 16.7. The molecule has 9 rings (SSSR count). The molecule has 4 heteroatoms. The van der Waals surface area contributed by atoms with Gasteiger partial charge in [0, 0.05) is 28.2 Å². The Morgan fingerprint density at radius 3 is 2.05 bits per heavy atom. The van der Waals surface area contributed by atoms with E-state index in [1.807, 2.05) is 24.3 Å². The van der Waals surface area contributed by atoms with Crippen LogP contribution in [0.4, 0.5) is 5.69 Å². The maximum Gasteiger partial charge on any atom is 0.0875 e. The number of benzene rings is 8. The molecule has 1 N–H and O–H groups in total. The van der Waals surface area contributed by atoms with Gasteiger partial charge in [0.05, 0.1) is 32.0 Å². The molecule has 0 aliphatic rings. The summed E-state index contributed by atoms with van der Waals surface area (Å²) in [4.78, 5) is 5.04. The SMILES string of the molecule is CCC(C/C=N/c1ccccc1C(=N)c1cccc([SiH2]c2ccccc2)c1)c1ccc(-c2ccc3c(c2)c2ccccc2n3-c2ccccc2)cc1-c1ccccc1. The first kappa shape index (κ1) is 36.7. The standard InChI is InChI=1S/C54H45N3Si/c1-2-38(33-34-56-51-27-14-12-26-48(51)54(55)42-19-16-24-45(35-42)58-44-22-10-5-11-23-44)46-31-29-40(36-49(46)39-17-6-3-7-18-39)41-30-32-53-50(37-41)47-25-13-15-28-52(47)57(53)43-20-8-4-9-21-43/h3-32,34-38,55H,2,33,58H2,1H3/b55-54?,56-34+. The van der Waals surface area contributed by atoms with Crippen LogP contribution in [0.2, 0.25) is 0 Å². The van der Waals surface area contributed by atoms with Crippen molar-refractivity contribution >= 4 is 59.3 Å². The molecular formula is C54H45N3Si. The lowest BCUT2D eigenvalue weighted by Gasteiger charge is -2.20. The van der Waals surface area contributed by atoms with E-state index in [1.165, 1.54) is 65.7 Å². The highest BCUT2D eigenvalue weighted by Gasteiger charge is 2.18. The third-order valence-electron chi connectivity index (χ3n) is 11.4. The van der Waals surface area contributed by atoms with Gasteiger partial charge in [-0.2, -0.15) is 0 Å². The van der Waals surface area contributed by atoms with Crippen LogP contribution in [0.1, 0.15) is 42.4 Å². The van der Waals surface area contributed by atoms with E-state index in [9.17, 15) is 5.41 Å². The molecule has 0 aliphatic carbocycles. The van der Waals surface area contributed by atoms with E-state index in [2.05, 4.69) is 194 Å². The van der Waals surface area contributed by atoms with Crippen molar-refractivity contribution in [3.63, 3.8) is 0 Å². The summed E-state index contributed by atoms with van der Waals surface area (Å²) in [5, 5.41) is 14.5. The van der Waals surface area contributed by atoms with Gasteiger partial charge >= 0.3 is 0 Å². The van der Waals surface area contributed by atoms with Crippen molar-refractivity contribution in [2.75, 3.05) is 0 Å². The Morgan fingerprint density at radius 1 is 0.586 bits per heavy atom. The lowest BCUT2D eigenvalue weighted by Crippen LogP contribution is -2.27. The maximum atomic E-state index is 9.26. The molecule has 9 aromatic rings. The topological polar surface area (TPSA) is 41.1 Å². The van der Waals surface area contributed by atoms with Gasteiger partial charge in [-0.05, 0) is 94.6 Å². The molecule has 0 amide bonds. The zero-order chi connectivity index (χ0) is 39.3. The lowest BCUT2D eigenvalue weighted by atomic mass is 9.85. The van der Waals surface area contributed by atoms with Crippen LogP contribution in [0, 0.1) is 5.41 Å². The summed E-state index contributed by atoms with van der Waals surface area (Å²) in [6, 6.07) is 71.4. The van der Waals surface area contributed by atoms with Crippen LogP contribution in [0.5, 0.6) is 0 Å². The Morgan fingerprint density at radius 2 is 1.24 bits per heavy atom. The highest BCUT2D eigenvalue weighted by molar-refractivity contribution is 6.67. The molecule has 0 aliphatic heterocycles. The minimum Gasteiger partial charge on any atom is -0.309 e. The number of aromatic nitrogens is 1. The number of hydrogen-bond acceptors (Lipinski definition) is 2. The first-order chi connectivity index (χ1) is 28.6. The predicted molar refractivity (Wildman–Crippen MR) is 251 cm³/mol. The Hall–Kier alpha value is -6.88. The highest BCUT2D eigenvalue weighted by atomic mass is 28.2. The maximum absolute atomic E-state index is 9.26. The van der Waals surface area contributed by atoms with E-state index in [0.29, 0.717) is 5.71 Å². The minimum absolute atomic E-state index is 0.269. The molecule has 0 spiro atoms. The van der Waals surface area contributed by atoms with Crippen LogP contribution in [-0.2, 0) is 0 Å². The molecule has 1 heterocycles. The fraction of sp³-hybridized carbons (Fsp3) is 0.0741. The average molecular weight is 764 g/mol. The van der Waals surface area contributed by atoms with Gasteiger partial charge in [0.1, 0.15) is 0 Å².